The normalized spacial score (nSPS) is 10.8. The Morgan fingerprint density at radius 3 is 2.24 bits per heavy atom. The van der Waals surface area contributed by atoms with Crippen LogP contribution in [0, 0.1) is 6.92 Å². The Morgan fingerprint density at radius 1 is 0.897 bits per heavy atom. The fourth-order valence-corrected chi connectivity index (χ4v) is 3.88. The quantitative estimate of drug-likeness (QED) is 0.367. The van der Waals surface area contributed by atoms with Gasteiger partial charge in [0.1, 0.15) is 6.61 Å². The molecular formula is C23H22BrCl2NO2. The van der Waals surface area contributed by atoms with Gasteiger partial charge in [0.2, 0.25) is 0 Å². The maximum absolute atomic E-state index is 6.29. The zero-order valence-corrected chi connectivity index (χ0v) is 19.4. The van der Waals surface area contributed by atoms with Crippen LogP contribution in [0.3, 0.4) is 0 Å². The molecule has 0 aromatic heterocycles. The summed E-state index contributed by atoms with van der Waals surface area (Å²) in [6, 6.07) is 17.7. The highest BCUT2D eigenvalue weighted by atomic mass is 79.9. The molecule has 0 saturated carbocycles. The largest absolute Gasteiger partial charge is 0.493 e. The second-order valence-electron chi connectivity index (χ2n) is 6.64. The minimum Gasteiger partial charge on any atom is -0.493 e. The summed E-state index contributed by atoms with van der Waals surface area (Å²) in [5, 5.41) is 4.62. The lowest BCUT2D eigenvalue weighted by Crippen LogP contribution is -2.14. The maximum Gasteiger partial charge on any atom is 0.167 e. The fraction of sp³-hybridized carbons (Fsp3) is 0.217. The Morgan fingerprint density at radius 2 is 1.59 bits per heavy atom. The molecule has 3 rings (SSSR count). The fourth-order valence-electron chi connectivity index (χ4n) is 2.92. The summed E-state index contributed by atoms with van der Waals surface area (Å²) < 4.78 is 12.6. The van der Waals surface area contributed by atoms with Crippen LogP contribution in [0.4, 0.5) is 0 Å². The monoisotopic (exact) mass is 493 g/mol. The van der Waals surface area contributed by atoms with Crippen LogP contribution < -0.4 is 14.8 Å². The molecule has 0 unspecified atom stereocenters. The van der Waals surface area contributed by atoms with Gasteiger partial charge in [0.15, 0.2) is 11.5 Å². The van der Waals surface area contributed by atoms with Gasteiger partial charge in [-0.25, -0.2) is 0 Å². The molecular weight excluding hydrogens is 473 g/mol. The summed E-state index contributed by atoms with van der Waals surface area (Å²) in [6.45, 7) is 3.69. The van der Waals surface area contributed by atoms with Crippen molar-refractivity contribution in [2.45, 2.75) is 26.6 Å². The minimum atomic E-state index is 0.246. The highest BCUT2D eigenvalue weighted by molar-refractivity contribution is 9.10. The predicted molar refractivity (Wildman–Crippen MR) is 123 cm³/mol. The third kappa shape index (κ3) is 5.67. The first-order valence-corrected chi connectivity index (χ1v) is 10.7. The Hall–Kier alpha value is -1.72. The van der Waals surface area contributed by atoms with Gasteiger partial charge in [0.25, 0.3) is 0 Å². The van der Waals surface area contributed by atoms with Gasteiger partial charge in [-0.15, -0.1) is 0 Å². The van der Waals surface area contributed by atoms with Crippen molar-refractivity contribution >= 4 is 39.1 Å². The molecule has 29 heavy (non-hydrogen) atoms. The van der Waals surface area contributed by atoms with Gasteiger partial charge < -0.3 is 14.8 Å². The summed E-state index contributed by atoms with van der Waals surface area (Å²) in [4.78, 5) is 0. The van der Waals surface area contributed by atoms with E-state index in [0.717, 1.165) is 22.1 Å². The Kier molecular flexibility index (Phi) is 7.84. The zero-order chi connectivity index (χ0) is 20.8. The second-order valence-corrected chi connectivity index (χ2v) is 8.30. The van der Waals surface area contributed by atoms with Gasteiger partial charge in [-0.1, -0.05) is 75.0 Å². The molecule has 0 saturated heterocycles. The van der Waals surface area contributed by atoms with E-state index in [1.165, 1.54) is 11.1 Å². The molecule has 0 fully saturated rings. The van der Waals surface area contributed by atoms with Gasteiger partial charge in [-0.3, -0.25) is 0 Å². The SMILES string of the molecule is COc1ccc(Br)c(CNCc2ccc(C)cc2)c1OCc1c(Cl)cccc1Cl. The third-order valence-electron chi connectivity index (χ3n) is 4.56. The number of halogens is 3. The van der Waals surface area contributed by atoms with E-state index in [9.17, 15) is 0 Å². The number of ether oxygens (including phenoxy) is 2. The van der Waals surface area contributed by atoms with Crippen molar-refractivity contribution in [3.63, 3.8) is 0 Å². The summed E-state index contributed by atoms with van der Waals surface area (Å²) in [5.74, 6) is 1.32. The standard InChI is InChI=1S/C23H22BrCl2NO2/c1-15-6-8-16(9-7-15)12-27-13-17-19(24)10-11-22(28-2)23(17)29-14-18-20(25)4-3-5-21(18)26/h3-11,27H,12-14H2,1-2H3. The minimum absolute atomic E-state index is 0.246. The molecule has 0 radical (unpaired) electrons. The Balaban J connectivity index is 1.78. The van der Waals surface area contributed by atoms with E-state index in [-0.39, 0.29) is 6.61 Å². The van der Waals surface area contributed by atoms with Crippen molar-refractivity contribution in [3.8, 4) is 11.5 Å². The maximum atomic E-state index is 6.29. The average Bonchev–Trinajstić information content (AvgIpc) is 2.71. The Bertz CT molecular complexity index is 957. The number of nitrogens with one attached hydrogen (secondary N) is 1. The van der Waals surface area contributed by atoms with Gasteiger partial charge in [0.05, 0.1) is 7.11 Å². The van der Waals surface area contributed by atoms with E-state index in [1.807, 2.05) is 18.2 Å². The molecule has 0 bridgehead atoms. The van der Waals surface area contributed by atoms with Crippen molar-refractivity contribution < 1.29 is 9.47 Å². The van der Waals surface area contributed by atoms with E-state index in [1.54, 1.807) is 19.2 Å². The number of benzene rings is 3. The van der Waals surface area contributed by atoms with Crippen molar-refractivity contribution in [2.24, 2.45) is 0 Å². The molecule has 0 atom stereocenters. The van der Waals surface area contributed by atoms with Gasteiger partial charge >= 0.3 is 0 Å². The van der Waals surface area contributed by atoms with Crippen LogP contribution in [0.2, 0.25) is 10.0 Å². The van der Waals surface area contributed by atoms with Crippen LogP contribution in [0.1, 0.15) is 22.3 Å². The van der Waals surface area contributed by atoms with Gasteiger partial charge in [-0.05, 0) is 36.8 Å². The first-order chi connectivity index (χ1) is 14.0. The number of rotatable bonds is 8. The highest BCUT2D eigenvalue weighted by Gasteiger charge is 2.16. The second kappa shape index (κ2) is 10.4. The molecule has 0 aliphatic rings. The summed E-state index contributed by atoms with van der Waals surface area (Å²) in [7, 11) is 1.63. The molecule has 152 valence electrons. The first kappa shape index (κ1) is 22.0. The van der Waals surface area contributed by atoms with E-state index in [0.29, 0.717) is 28.1 Å². The lowest BCUT2D eigenvalue weighted by atomic mass is 10.1. The molecule has 3 aromatic carbocycles. The third-order valence-corrected chi connectivity index (χ3v) is 6.01. The molecule has 0 spiro atoms. The van der Waals surface area contributed by atoms with Crippen LogP contribution in [-0.4, -0.2) is 7.11 Å². The lowest BCUT2D eigenvalue weighted by molar-refractivity contribution is 0.280. The van der Waals surface area contributed by atoms with Crippen LogP contribution in [0.15, 0.2) is 59.1 Å². The van der Waals surface area contributed by atoms with Gasteiger partial charge in [0, 0.05) is 38.7 Å². The molecule has 0 aliphatic carbocycles. The predicted octanol–water partition coefficient (Wildman–Crippen LogP) is 6.94. The number of aryl methyl sites for hydroxylation is 1. The molecule has 6 heteroatoms. The molecule has 3 aromatic rings. The van der Waals surface area contributed by atoms with Crippen molar-refractivity contribution in [1.29, 1.82) is 0 Å². The topological polar surface area (TPSA) is 30.5 Å². The average molecular weight is 495 g/mol. The van der Waals surface area contributed by atoms with Crippen LogP contribution in [0.5, 0.6) is 11.5 Å². The van der Waals surface area contributed by atoms with Crippen molar-refractivity contribution in [1.82, 2.24) is 5.32 Å². The van der Waals surface area contributed by atoms with E-state index in [4.69, 9.17) is 32.7 Å². The van der Waals surface area contributed by atoms with E-state index in [2.05, 4.69) is 52.4 Å². The van der Waals surface area contributed by atoms with E-state index >= 15 is 0 Å². The zero-order valence-electron chi connectivity index (χ0n) is 16.3. The molecule has 0 heterocycles. The number of hydrogen-bond acceptors (Lipinski definition) is 3. The number of hydrogen-bond donors (Lipinski definition) is 1. The summed E-state index contributed by atoms with van der Waals surface area (Å²) in [5.41, 5.74) is 4.19. The molecule has 0 amide bonds. The number of methoxy groups -OCH3 is 1. The Labute approximate surface area is 190 Å². The van der Waals surface area contributed by atoms with E-state index < -0.39 is 0 Å². The smallest absolute Gasteiger partial charge is 0.167 e. The first-order valence-electron chi connectivity index (χ1n) is 9.17. The van der Waals surface area contributed by atoms with Crippen LogP contribution >= 0.6 is 39.1 Å². The highest BCUT2D eigenvalue weighted by Crippen LogP contribution is 2.37. The van der Waals surface area contributed by atoms with Crippen LogP contribution in [-0.2, 0) is 19.7 Å². The summed E-state index contributed by atoms with van der Waals surface area (Å²) in [6.07, 6.45) is 0. The van der Waals surface area contributed by atoms with Crippen molar-refractivity contribution in [3.05, 3.63) is 91.4 Å². The molecule has 0 aliphatic heterocycles. The van der Waals surface area contributed by atoms with Crippen LogP contribution in [0.25, 0.3) is 0 Å². The molecule has 1 N–H and O–H groups in total. The molecule has 3 nitrogen and oxygen atoms in total. The summed E-state index contributed by atoms with van der Waals surface area (Å²) >= 11 is 16.2. The van der Waals surface area contributed by atoms with Gasteiger partial charge in [-0.2, -0.15) is 0 Å². The van der Waals surface area contributed by atoms with Crippen molar-refractivity contribution in [2.75, 3.05) is 7.11 Å². The lowest BCUT2D eigenvalue weighted by Gasteiger charge is -2.18.